The van der Waals surface area contributed by atoms with Gasteiger partial charge in [0.25, 0.3) is 0 Å². The van der Waals surface area contributed by atoms with Crippen LogP contribution < -0.4 is 5.32 Å². The Balaban J connectivity index is 2.50. The molecule has 0 fully saturated rings. The number of benzene rings is 1. The van der Waals surface area contributed by atoms with Crippen molar-refractivity contribution in [1.29, 1.82) is 0 Å². The van der Waals surface area contributed by atoms with Gasteiger partial charge in [-0.15, -0.1) is 11.8 Å². The lowest BCUT2D eigenvalue weighted by Crippen LogP contribution is -2.21. The molecule has 0 radical (unpaired) electrons. The lowest BCUT2D eigenvalue weighted by molar-refractivity contribution is -0.113. The van der Waals surface area contributed by atoms with Crippen molar-refractivity contribution in [3.63, 3.8) is 0 Å². The number of carbonyl (C=O) groups is 1. The number of aryl methyl sites for hydroxylation is 1. The van der Waals surface area contributed by atoms with Gasteiger partial charge >= 0.3 is 0 Å². The molecule has 1 aromatic rings. The highest BCUT2D eigenvalue weighted by Crippen LogP contribution is 2.19. The van der Waals surface area contributed by atoms with Gasteiger partial charge in [0.2, 0.25) is 5.91 Å². The van der Waals surface area contributed by atoms with E-state index < -0.39 is 6.10 Å². The van der Waals surface area contributed by atoms with Crippen molar-refractivity contribution in [3.8, 4) is 0 Å². The normalized spacial score (nSPS) is 14.1. The van der Waals surface area contributed by atoms with Gasteiger partial charge in [-0.3, -0.25) is 4.79 Å². The summed E-state index contributed by atoms with van der Waals surface area (Å²) >= 11 is 3.70. The first kappa shape index (κ1) is 15.8. The van der Waals surface area contributed by atoms with Crippen molar-refractivity contribution in [2.75, 3.05) is 11.1 Å². The van der Waals surface area contributed by atoms with Crippen LogP contribution in [0, 0.1) is 10.5 Å². The molecule has 0 aromatic heterocycles. The molecule has 0 aliphatic heterocycles. The molecule has 5 heteroatoms. The van der Waals surface area contributed by atoms with E-state index in [0.717, 1.165) is 14.8 Å². The summed E-state index contributed by atoms with van der Waals surface area (Å²) in [4.78, 5) is 11.8. The standard InChI is InChI=1S/C13H18INO2S/c1-8-6-11(14)4-5-12(8)15-13(17)7-18-10(3)9(2)16/h4-6,9-10,16H,7H2,1-3H3,(H,15,17). The largest absolute Gasteiger partial charge is 0.392 e. The quantitative estimate of drug-likeness (QED) is 0.774. The summed E-state index contributed by atoms with van der Waals surface area (Å²) in [6, 6.07) is 5.91. The van der Waals surface area contributed by atoms with E-state index in [1.54, 1.807) is 6.92 Å². The first-order chi connectivity index (χ1) is 8.40. The summed E-state index contributed by atoms with van der Waals surface area (Å²) in [7, 11) is 0. The maximum absolute atomic E-state index is 11.8. The zero-order valence-electron chi connectivity index (χ0n) is 10.7. The second-order valence-electron chi connectivity index (χ2n) is 4.26. The fraction of sp³-hybridized carbons (Fsp3) is 0.462. The molecule has 1 amide bonds. The number of aliphatic hydroxyl groups excluding tert-OH is 1. The predicted octanol–water partition coefficient (Wildman–Crippen LogP) is 3.04. The number of rotatable bonds is 5. The number of hydrogen-bond donors (Lipinski definition) is 2. The molecule has 0 bridgehead atoms. The third-order valence-corrected chi connectivity index (χ3v) is 4.64. The minimum absolute atomic E-state index is 0.0307. The number of anilines is 1. The molecule has 18 heavy (non-hydrogen) atoms. The van der Waals surface area contributed by atoms with Gasteiger partial charge < -0.3 is 10.4 Å². The Morgan fingerprint density at radius 2 is 2.17 bits per heavy atom. The molecule has 1 aromatic carbocycles. The van der Waals surface area contributed by atoms with Gasteiger partial charge in [0.05, 0.1) is 11.9 Å². The van der Waals surface area contributed by atoms with Crippen molar-refractivity contribution < 1.29 is 9.90 Å². The zero-order chi connectivity index (χ0) is 13.7. The van der Waals surface area contributed by atoms with Gasteiger partial charge in [-0.25, -0.2) is 0 Å². The number of hydrogen-bond acceptors (Lipinski definition) is 3. The molecule has 2 N–H and O–H groups in total. The van der Waals surface area contributed by atoms with Crippen LogP contribution in [0.15, 0.2) is 18.2 Å². The molecule has 100 valence electrons. The van der Waals surface area contributed by atoms with Crippen LogP contribution in [-0.2, 0) is 4.79 Å². The number of nitrogens with one attached hydrogen (secondary N) is 1. The minimum atomic E-state index is -0.400. The van der Waals surface area contributed by atoms with E-state index in [0.29, 0.717) is 5.75 Å². The molecule has 0 saturated heterocycles. The Hall–Kier alpha value is -0.270. The molecule has 3 nitrogen and oxygen atoms in total. The lowest BCUT2D eigenvalue weighted by atomic mass is 10.2. The van der Waals surface area contributed by atoms with Gasteiger partial charge in [0.15, 0.2) is 0 Å². The molecule has 1 rings (SSSR count). The molecule has 2 atom stereocenters. The number of halogens is 1. The summed E-state index contributed by atoms with van der Waals surface area (Å²) in [5.74, 6) is 0.328. The van der Waals surface area contributed by atoms with Gasteiger partial charge in [0, 0.05) is 14.5 Å². The second-order valence-corrected chi connectivity index (χ2v) is 6.88. The lowest BCUT2D eigenvalue weighted by Gasteiger charge is -2.14. The van der Waals surface area contributed by atoms with Gasteiger partial charge in [-0.2, -0.15) is 0 Å². The summed E-state index contributed by atoms with van der Waals surface area (Å²) in [5, 5.41) is 12.3. The van der Waals surface area contributed by atoms with Crippen LogP contribution in [0.2, 0.25) is 0 Å². The Labute approximate surface area is 126 Å². The van der Waals surface area contributed by atoms with E-state index in [1.807, 2.05) is 32.0 Å². The summed E-state index contributed by atoms with van der Waals surface area (Å²) in [6.45, 7) is 5.63. The Morgan fingerprint density at radius 3 is 2.72 bits per heavy atom. The smallest absolute Gasteiger partial charge is 0.234 e. The van der Waals surface area contributed by atoms with Gasteiger partial charge in [-0.05, 0) is 60.2 Å². The topological polar surface area (TPSA) is 49.3 Å². The van der Waals surface area contributed by atoms with E-state index in [4.69, 9.17) is 0 Å². The maximum Gasteiger partial charge on any atom is 0.234 e. The van der Waals surface area contributed by atoms with Crippen LogP contribution in [0.3, 0.4) is 0 Å². The fourth-order valence-electron chi connectivity index (χ4n) is 1.30. The van der Waals surface area contributed by atoms with Crippen LogP contribution in [0.1, 0.15) is 19.4 Å². The van der Waals surface area contributed by atoms with Crippen LogP contribution in [0.5, 0.6) is 0 Å². The van der Waals surface area contributed by atoms with Crippen LogP contribution in [-0.4, -0.2) is 28.1 Å². The van der Waals surface area contributed by atoms with Crippen molar-refractivity contribution in [2.24, 2.45) is 0 Å². The highest BCUT2D eigenvalue weighted by atomic mass is 127. The molecule has 0 aliphatic rings. The molecule has 0 spiro atoms. The summed E-state index contributed by atoms with van der Waals surface area (Å²) < 4.78 is 1.15. The second kappa shape index (κ2) is 7.35. The Morgan fingerprint density at radius 1 is 1.50 bits per heavy atom. The number of carbonyl (C=O) groups excluding carboxylic acids is 1. The SMILES string of the molecule is Cc1cc(I)ccc1NC(=O)CSC(C)C(C)O. The number of amides is 1. The molecule has 0 heterocycles. The molecule has 2 unspecified atom stereocenters. The monoisotopic (exact) mass is 379 g/mol. The average molecular weight is 379 g/mol. The van der Waals surface area contributed by atoms with Crippen LogP contribution in [0.25, 0.3) is 0 Å². The third-order valence-electron chi connectivity index (χ3n) is 2.62. The van der Waals surface area contributed by atoms with Gasteiger partial charge in [0.1, 0.15) is 0 Å². The predicted molar refractivity (Wildman–Crippen MR) is 86.1 cm³/mol. The third kappa shape index (κ3) is 5.16. The summed E-state index contributed by atoms with van der Waals surface area (Å²) in [5.41, 5.74) is 1.91. The fourth-order valence-corrected chi connectivity index (χ4v) is 2.71. The van der Waals surface area contributed by atoms with E-state index >= 15 is 0 Å². The average Bonchev–Trinajstić information content (AvgIpc) is 2.29. The minimum Gasteiger partial charge on any atom is -0.392 e. The van der Waals surface area contributed by atoms with Crippen molar-refractivity contribution in [2.45, 2.75) is 32.1 Å². The number of aliphatic hydroxyl groups is 1. The van der Waals surface area contributed by atoms with E-state index in [9.17, 15) is 9.90 Å². The first-order valence-electron chi connectivity index (χ1n) is 5.76. The molecule has 0 saturated carbocycles. The van der Waals surface area contributed by atoms with Crippen molar-refractivity contribution >= 4 is 45.9 Å². The molecular weight excluding hydrogens is 361 g/mol. The Kier molecular flexibility index (Phi) is 6.45. The van der Waals surface area contributed by atoms with E-state index in [-0.39, 0.29) is 11.2 Å². The maximum atomic E-state index is 11.8. The van der Waals surface area contributed by atoms with Crippen LogP contribution in [0.4, 0.5) is 5.69 Å². The number of thioether (sulfide) groups is 1. The van der Waals surface area contributed by atoms with Crippen molar-refractivity contribution in [1.82, 2.24) is 0 Å². The Bertz CT molecular complexity index is 423. The zero-order valence-corrected chi connectivity index (χ0v) is 13.7. The highest BCUT2D eigenvalue weighted by Gasteiger charge is 2.12. The highest BCUT2D eigenvalue weighted by molar-refractivity contribution is 14.1. The van der Waals surface area contributed by atoms with Crippen molar-refractivity contribution in [3.05, 3.63) is 27.3 Å². The van der Waals surface area contributed by atoms with E-state index in [2.05, 4.69) is 27.9 Å². The van der Waals surface area contributed by atoms with Gasteiger partial charge in [-0.1, -0.05) is 6.92 Å². The molecule has 0 aliphatic carbocycles. The van der Waals surface area contributed by atoms with E-state index in [1.165, 1.54) is 11.8 Å². The summed E-state index contributed by atoms with van der Waals surface area (Å²) in [6.07, 6.45) is -0.400. The van der Waals surface area contributed by atoms with Crippen LogP contribution >= 0.6 is 34.4 Å². The molecular formula is C13H18INO2S. The first-order valence-corrected chi connectivity index (χ1v) is 7.88.